The number of halogens is 3. The van der Waals surface area contributed by atoms with Crippen molar-refractivity contribution < 1.29 is 23.1 Å². The van der Waals surface area contributed by atoms with Crippen LogP contribution in [0.25, 0.3) is 0 Å². The Morgan fingerprint density at radius 3 is 2.62 bits per heavy atom. The van der Waals surface area contributed by atoms with Crippen molar-refractivity contribution in [2.24, 2.45) is 0 Å². The van der Waals surface area contributed by atoms with E-state index in [0.29, 0.717) is 26.2 Å². The minimum atomic E-state index is -4.30. The number of aliphatic carboxylic acids is 1. The van der Waals surface area contributed by atoms with E-state index in [9.17, 15) is 18.0 Å². The van der Waals surface area contributed by atoms with Crippen LogP contribution in [-0.2, 0) is 11.3 Å². The van der Waals surface area contributed by atoms with E-state index in [1.807, 2.05) is 4.90 Å². The number of nitrogens with one attached hydrogen (secondary N) is 1. The lowest BCUT2D eigenvalue weighted by Gasteiger charge is -2.33. The summed E-state index contributed by atoms with van der Waals surface area (Å²) in [6, 6.07) is 5.42. The number of carboxylic acids is 1. The minimum absolute atomic E-state index is 0.126. The fraction of sp³-hybridized carbons (Fsp3) is 0.462. The fourth-order valence-electron chi connectivity index (χ4n) is 2.21. The molecule has 1 aromatic rings. The Morgan fingerprint density at radius 1 is 1.38 bits per heavy atom. The van der Waals surface area contributed by atoms with Crippen LogP contribution in [0, 0.1) is 0 Å². The summed E-state index contributed by atoms with van der Waals surface area (Å²) >= 11 is -0.157. The highest BCUT2D eigenvalue weighted by Gasteiger charge is 2.30. The summed E-state index contributed by atoms with van der Waals surface area (Å²) in [6.45, 7) is 2.08. The van der Waals surface area contributed by atoms with Gasteiger partial charge in [0, 0.05) is 31.1 Å². The number of thioether (sulfide) groups is 1. The van der Waals surface area contributed by atoms with Crippen molar-refractivity contribution in [2.75, 3.05) is 19.6 Å². The molecule has 1 unspecified atom stereocenters. The van der Waals surface area contributed by atoms with Gasteiger partial charge in [0.2, 0.25) is 0 Å². The molecule has 0 aromatic heterocycles. The number of nitrogens with zero attached hydrogens (tertiary/aromatic N) is 1. The Bertz CT molecular complexity index is 493. The number of carboxylic acid groups (broad SMARTS) is 1. The van der Waals surface area contributed by atoms with Crippen molar-refractivity contribution in [3.8, 4) is 0 Å². The van der Waals surface area contributed by atoms with Gasteiger partial charge in [0.1, 0.15) is 6.04 Å². The van der Waals surface area contributed by atoms with Crippen LogP contribution >= 0.6 is 11.8 Å². The van der Waals surface area contributed by atoms with Crippen molar-refractivity contribution in [1.82, 2.24) is 10.2 Å². The van der Waals surface area contributed by atoms with E-state index in [-0.39, 0.29) is 16.7 Å². The number of carbonyl (C=O) groups is 1. The number of rotatable bonds is 4. The van der Waals surface area contributed by atoms with Crippen LogP contribution in [0.2, 0.25) is 0 Å². The molecule has 0 bridgehead atoms. The third kappa shape index (κ3) is 4.90. The molecule has 0 spiro atoms. The van der Waals surface area contributed by atoms with Gasteiger partial charge in [-0.05, 0) is 29.5 Å². The molecule has 2 N–H and O–H groups in total. The second-order valence-corrected chi connectivity index (χ2v) is 5.86. The van der Waals surface area contributed by atoms with Crippen LogP contribution in [-0.4, -0.2) is 47.2 Å². The van der Waals surface area contributed by atoms with Crippen molar-refractivity contribution in [3.05, 3.63) is 29.8 Å². The van der Waals surface area contributed by atoms with Crippen molar-refractivity contribution >= 4 is 17.7 Å². The molecule has 4 nitrogen and oxygen atoms in total. The molecule has 1 saturated heterocycles. The lowest BCUT2D eigenvalue weighted by molar-refractivity contribution is -0.144. The van der Waals surface area contributed by atoms with Gasteiger partial charge in [0.05, 0.1) is 0 Å². The van der Waals surface area contributed by atoms with Gasteiger partial charge in [0.25, 0.3) is 0 Å². The molecule has 0 radical (unpaired) electrons. The summed E-state index contributed by atoms with van der Waals surface area (Å²) in [6.07, 6.45) is 0. The molecule has 1 aliphatic rings. The zero-order valence-electron chi connectivity index (χ0n) is 11.1. The summed E-state index contributed by atoms with van der Waals surface area (Å²) < 4.78 is 36.7. The Labute approximate surface area is 124 Å². The first-order valence-corrected chi connectivity index (χ1v) is 7.19. The Morgan fingerprint density at radius 2 is 2.05 bits per heavy atom. The maximum Gasteiger partial charge on any atom is 0.446 e. The number of alkyl halides is 3. The summed E-state index contributed by atoms with van der Waals surface area (Å²) in [5, 5.41) is 12.2. The normalized spacial score (nSPS) is 20.4. The van der Waals surface area contributed by atoms with Gasteiger partial charge in [0.15, 0.2) is 0 Å². The third-order valence-electron chi connectivity index (χ3n) is 3.18. The Balaban J connectivity index is 2.00. The van der Waals surface area contributed by atoms with Crippen LogP contribution in [0.5, 0.6) is 0 Å². The fourth-order valence-corrected chi connectivity index (χ4v) is 2.75. The molecule has 1 aliphatic heterocycles. The van der Waals surface area contributed by atoms with Gasteiger partial charge in [-0.15, -0.1) is 0 Å². The van der Waals surface area contributed by atoms with Crippen LogP contribution in [0.15, 0.2) is 29.2 Å². The van der Waals surface area contributed by atoms with Crippen LogP contribution in [0.1, 0.15) is 5.56 Å². The highest BCUT2D eigenvalue weighted by molar-refractivity contribution is 8.00. The minimum Gasteiger partial charge on any atom is -0.480 e. The number of piperazine rings is 1. The van der Waals surface area contributed by atoms with E-state index < -0.39 is 17.5 Å². The highest BCUT2D eigenvalue weighted by Crippen LogP contribution is 2.36. The van der Waals surface area contributed by atoms with Gasteiger partial charge in [-0.25, -0.2) is 0 Å². The van der Waals surface area contributed by atoms with Crippen LogP contribution in [0.3, 0.4) is 0 Å². The van der Waals surface area contributed by atoms with Gasteiger partial charge in [-0.3, -0.25) is 9.69 Å². The quantitative estimate of drug-likeness (QED) is 0.833. The molecule has 0 aliphatic carbocycles. The molecule has 1 aromatic carbocycles. The maximum atomic E-state index is 12.2. The first kappa shape index (κ1) is 16.1. The molecule has 1 heterocycles. The molecule has 0 amide bonds. The van der Waals surface area contributed by atoms with E-state index >= 15 is 0 Å². The SMILES string of the molecule is O=C(O)C1CNCCN1Cc1ccc(SC(F)(F)F)cc1. The Kier molecular flexibility index (Phi) is 5.13. The predicted octanol–water partition coefficient (Wildman–Crippen LogP) is 2.16. The standard InChI is InChI=1S/C13H15F3N2O2S/c14-13(15,16)21-10-3-1-9(2-4-10)8-18-6-5-17-7-11(18)12(19)20/h1-4,11,17H,5-8H2,(H,19,20). The van der Waals surface area contributed by atoms with Crippen molar-refractivity contribution in [3.63, 3.8) is 0 Å². The molecule has 8 heteroatoms. The van der Waals surface area contributed by atoms with Gasteiger partial charge in [-0.2, -0.15) is 13.2 Å². The molecule has 1 fully saturated rings. The molecule has 1 atom stereocenters. The second kappa shape index (κ2) is 6.67. The number of benzene rings is 1. The lowest BCUT2D eigenvalue weighted by Crippen LogP contribution is -2.54. The lowest BCUT2D eigenvalue weighted by atomic mass is 10.1. The van der Waals surface area contributed by atoms with E-state index in [0.717, 1.165) is 5.56 Å². The predicted molar refractivity (Wildman–Crippen MR) is 73.1 cm³/mol. The summed E-state index contributed by atoms with van der Waals surface area (Å²) in [5.41, 5.74) is -3.50. The molecule has 21 heavy (non-hydrogen) atoms. The van der Waals surface area contributed by atoms with Gasteiger partial charge < -0.3 is 10.4 Å². The third-order valence-corrected chi connectivity index (χ3v) is 3.92. The average molecular weight is 320 g/mol. The van der Waals surface area contributed by atoms with E-state index in [2.05, 4.69) is 5.32 Å². The summed E-state index contributed by atoms with van der Waals surface area (Å²) in [5.74, 6) is -0.897. The topological polar surface area (TPSA) is 52.6 Å². The molecular formula is C13H15F3N2O2S. The summed E-state index contributed by atoms with van der Waals surface area (Å²) in [7, 11) is 0. The van der Waals surface area contributed by atoms with Gasteiger partial charge in [-0.1, -0.05) is 12.1 Å². The van der Waals surface area contributed by atoms with Crippen molar-refractivity contribution in [1.29, 1.82) is 0 Å². The molecular weight excluding hydrogens is 305 g/mol. The smallest absolute Gasteiger partial charge is 0.446 e. The van der Waals surface area contributed by atoms with Crippen molar-refractivity contribution in [2.45, 2.75) is 23.0 Å². The second-order valence-electron chi connectivity index (χ2n) is 4.72. The zero-order valence-corrected chi connectivity index (χ0v) is 11.9. The van der Waals surface area contributed by atoms with E-state index in [1.165, 1.54) is 12.1 Å². The molecule has 2 rings (SSSR count). The van der Waals surface area contributed by atoms with Crippen LogP contribution in [0.4, 0.5) is 13.2 Å². The maximum absolute atomic E-state index is 12.2. The number of hydrogen-bond donors (Lipinski definition) is 2. The largest absolute Gasteiger partial charge is 0.480 e. The molecule has 116 valence electrons. The monoisotopic (exact) mass is 320 g/mol. The first-order valence-electron chi connectivity index (χ1n) is 6.37. The Hall–Kier alpha value is -1.25. The van der Waals surface area contributed by atoms with E-state index in [1.54, 1.807) is 12.1 Å². The molecule has 0 saturated carbocycles. The first-order chi connectivity index (χ1) is 9.85. The van der Waals surface area contributed by atoms with E-state index in [4.69, 9.17) is 5.11 Å². The van der Waals surface area contributed by atoms with Crippen LogP contribution < -0.4 is 5.32 Å². The zero-order chi connectivity index (χ0) is 15.5. The van der Waals surface area contributed by atoms with Gasteiger partial charge >= 0.3 is 11.5 Å². The average Bonchev–Trinajstić information content (AvgIpc) is 2.40. The number of hydrogen-bond acceptors (Lipinski definition) is 4. The summed E-state index contributed by atoms with van der Waals surface area (Å²) in [4.78, 5) is 13.1. The highest BCUT2D eigenvalue weighted by atomic mass is 32.2.